The summed E-state index contributed by atoms with van der Waals surface area (Å²) >= 11 is 0. The maximum atomic E-state index is 16.8. The van der Waals surface area contributed by atoms with Crippen LogP contribution in [0, 0.1) is 0 Å². The fraction of sp³-hybridized carbons (Fsp3) is 0.548. The minimum atomic E-state index is -5.13. The summed E-state index contributed by atoms with van der Waals surface area (Å²) < 4.78 is 124. The van der Waals surface area contributed by atoms with Crippen molar-refractivity contribution in [2.24, 2.45) is 0 Å². The lowest BCUT2D eigenvalue weighted by Crippen LogP contribution is -2.35. The molecular weight excluding hydrogens is 852 g/mol. The molecule has 3 aliphatic heterocycles. The molecule has 4 N–H and O–H groups in total. The topological polar surface area (TPSA) is 309 Å². The summed E-state index contributed by atoms with van der Waals surface area (Å²) in [6, 6.07) is 0. The number of aromatic nitrogens is 8. The van der Waals surface area contributed by atoms with Gasteiger partial charge in [-0.15, -0.1) is 0 Å². The lowest BCUT2D eigenvalue weighted by molar-refractivity contribution is -0.0627. The van der Waals surface area contributed by atoms with Gasteiger partial charge in [0.2, 0.25) is 13.6 Å². The summed E-state index contributed by atoms with van der Waals surface area (Å²) in [5.74, 6) is 0.696. The van der Waals surface area contributed by atoms with Crippen molar-refractivity contribution >= 4 is 61.7 Å². The van der Waals surface area contributed by atoms with Crippen LogP contribution < -0.4 is 11.5 Å². The van der Waals surface area contributed by atoms with Gasteiger partial charge in [-0.3, -0.25) is 31.8 Å². The van der Waals surface area contributed by atoms with E-state index in [1.54, 1.807) is 13.8 Å². The molecule has 0 aliphatic carbocycles. The van der Waals surface area contributed by atoms with E-state index in [0.717, 1.165) is 46.3 Å². The first-order chi connectivity index (χ1) is 28.5. The number of hydrogen-bond acceptors (Lipinski definition) is 23. The largest absolute Gasteiger partial charge is 0.510 e. The average Bonchev–Trinajstić information content (AvgIpc) is 3.94. The molecule has 0 radical (unpaired) electrons. The van der Waals surface area contributed by atoms with Crippen LogP contribution in [0.15, 0.2) is 37.2 Å². The molecule has 0 aromatic carbocycles. The van der Waals surface area contributed by atoms with Crippen LogP contribution in [0.1, 0.15) is 40.2 Å². The van der Waals surface area contributed by atoms with E-state index in [1.165, 1.54) is 13.8 Å². The predicted octanol–water partition coefficient (Wildman–Crippen LogP) is 3.99. The zero-order chi connectivity index (χ0) is 42.9. The van der Waals surface area contributed by atoms with E-state index in [-0.39, 0.29) is 34.0 Å². The van der Waals surface area contributed by atoms with Crippen LogP contribution >= 0.6 is 15.4 Å². The second kappa shape index (κ2) is 17.6. The van der Waals surface area contributed by atoms with Crippen LogP contribution in [0.3, 0.4) is 0 Å². The molecule has 3 aliphatic rings. The molecule has 0 amide bonds. The highest BCUT2D eigenvalue weighted by molar-refractivity contribution is 7.57. The van der Waals surface area contributed by atoms with Crippen molar-refractivity contribution in [3.8, 4) is 0 Å². The van der Waals surface area contributed by atoms with E-state index in [9.17, 15) is 18.7 Å². The summed E-state index contributed by atoms with van der Waals surface area (Å²) in [4.78, 5) is 48.5. The molecule has 0 bridgehead atoms. The number of ether oxygens (including phenoxy) is 6. The number of nitrogens with two attached hydrogens (primary N) is 2. The maximum Gasteiger partial charge on any atom is 0.510 e. The smallest absolute Gasteiger partial charge is 0.432 e. The molecule has 2 saturated heterocycles. The van der Waals surface area contributed by atoms with Gasteiger partial charge in [0.1, 0.15) is 48.1 Å². The van der Waals surface area contributed by atoms with Crippen LogP contribution in [-0.4, -0.2) is 121 Å². The first-order valence-corrected chi connectivity index (χ1v) is 20.9. The summed E-state index contributed by atoms with van der Waals surface area (Å²) in [5.41, 5.74) is 12.1. The highest BCUT2D eigenvalue weighted by Gasteiger charge is 2.54. The highest BCUT2D eigenvalue weighted by Crippen LogP contribution is 2.58. The standard InChI is InChI=1S/C31H38F2N10O15P2/c1-14(2)53-30(44)48-12-51-59(46)6-5-16-22(18(32)28(55-16)42-10-40-20-24(34)36-8-38-26(20)42)58-60(47,52-13-49-31(45)54-15(3)4)50-7-17-23(57-59)19(33)29(56-17)43-11-41-21-25(35)37-9-39-27(21)43/h5-6,8-11,14-19,22-23,28-29H,7,12-13H2,1-4H3,(H2,34,36,38)(H2,35,37,39)/b6-5+/t16-,17-,18-,19-,22-,23-,28-,29-,59?,60?/m1/s1. The number of carbonyl (C=O) groups excluding carboxylic acids is 2. The number of anilines is 2. The van der Waals surface area contributed by atoms with Crippen molar-refractivity contribution in [2.45, 2.75) is 89.1 Å². The van der Waals surface area contributed by atoms with Crippen molar-refractivity contribution in [3.05, 3.63) is 37.2 Å². The molecule has 7 heterocycles. The first kappa shape index (κ1) is 43.1. The highest BCUT2D eigenvalue weighted by atomic mass is 31.2. The van der Waals surface area contributed by atoms with Crippen molar-refractivity contribution in [3.63, 3.8) is 0 Å². The number of fused-ring (bicyclic) bond motifs is 4. The van der Waals surface area contributed by atoms with E-state index in [1.807, 2.05) is 0 Å². The SMILES string of the molecule is CC(C)OC(=O)OCOP1(=O)/C=C/[C@H]2O[C@@H](n3cnc4c(N)ncnc43)[C@H](F)[C@@H]2OP(=O)(OCOC(=O)OC(C)C)OC[C@H]2O[C@@H](n3cnc4c(N)ncnc43)[C@H](F)[C@@H]2O1. The molecule has 4 aromatic rings. The number of hydrogen-bond donors (Lipinski definition) is 2. The molecule has 2 unspecified atom stereocenters. The van der Waals surface area contributed by atoms with Crippen molar-refractivity contribution < 1.29 is 78.5 Å². The van der Waals surface area contributed by atoms with Gasteiger partial charge in [0, 0.05) is 5.82 Å². The van der Waals surface area contributed by atoms with Gasteiger partial charge < -0.3 is 39.9 Å². The number of carbonyl (C=O) groups is 2. The maximum absolute atomic E-state index is 16.8. The Morgan fingerprint density at radius 2 is 1.32 bits per heavy atom. The summed E-state index contributed by atoms with van der Waals surface area (Å²) in [6.07, 6.45) is -13.2. The van der Waals surface area contributed by atoms with Crippen LogP contribution in [0.25, 0.3) is 22.3 Å². The van der Waals surface area contributed by atoms with Crippen LogP contribution in [0.2, 0.25) is 0 Å². The van der Waals surface area contributed by atoms with E-state index in [2.05, 4.69) is 29.9 Å². The third kappa shape index (κ3) is 9.18. The third-order valence-electron chi connectivity index (χ3n) is 8.63. The van der Waals surface area contributed by atoms with Gasteiger partial charge in [-0.1, -0.05) is 0 Å². The van der Waals surface area contributed by atoms with E-state index >= 15 is 8.78 Å². The Labute approximate surface area is 337 Å². The van der Waals surface area contributed by atoms with E-state index in [4.69, 9.17) is 62.5 Å². The molecule has 326 valence electrons. The Balaban J connectivity index is 1.25. The third-order valence-corrected chi connectivity index (χ3v) is 11.6. The van der Waals surface area contributed by atoms with Crippen LogP contribution in [0.5, 0.6) is 0 Å². The number of phosphoric acid groups is 1. The van der Waals surface area contributed by atoms with Crippen molar-refractivity contribution in [1.29, 1.82) is 0 Å². The van der Waals surface area contributed by atoms with Gasteiger partial charge in [-0.25, -0.2) is 57.4 Å². The molecular formula is C31H38F2N10O15P2. The van der Waals surface area contributed by atoms with Crippen LogP contribution in [-0.2, 0) is 60.2 Å². The second-order valence-corrected chi connectivity index (χ2v) is 17.0. The zero-order valence-electron chi connectivity index (χ0n) is 31.9. The average molecular weight is 891 g/mol. The fourth-order valence-corrected chi connectivity index (χ4v) is 8.69. The van der Waals surface area contributed by atoms with Gasteiger partial charge in [-0.05, 0) is 33.8 Å². The zero-order valence-corrected chi connectivity index (χ0v) is 33.7. The summed E-state index contributed by atoms with van der Waals surface area (Å²) in [6.45, 7) is 3.07. The molecule has 4 aromatic heterocycles. The van der Waals surface area contributed by atoms with Crippen LogP contribution in [0.4, 0.5) is 30.0 Å². The molecule has 0 saturated carbocycles. The lowest BCUT2D eigenvalue weighted by atomic mass is 10.1. The first-order valence-electron chi connectivity index (χ1n) is 17.9. The minimum Gasteiger partial charge on any atom is -0.432 e. The number of imidazole rings is 2. The lowest BCUT2D eigenvalue weighted by Gasteiger charge is -2.28. The molecule has 10 atom stereocenters. The summed E-state index contributed by atoms with van der Waals surface area (Å²) in [5, 5.41) is 0. The molecule has 0 spiro atoms. The van der Waals surface area contributed by atoms with Gasteiger partial charge in [0.05, 0.1) is 31.5 Å². The number of rotatable bonds is 10. The molecule has 7 rings (SSSR count). The molecule has 60 heavy (non-hydrogen) atoms. The minimum absolute atomic E-state index is 0.0281. The number of halogens is 2. The quantitative estimate of drug-likeness (QED) is 0.129. The number of phosphoric ester groups is 1. The van der Waals surface area contributed by atoms with E-state index in [0.29, 0.717) is 0 Å². The Kier molecular flexibility index (Phi) is 12.6. The molecule has 29 heteroatoms. The summed E-state index contributed by atoms with van der Waals surface area (Å²) in [7, 11) is -9.97. The number of nitrogens with zero attached hydrogens (tertiary/aromatic N) is 8. The second-order valence-electron chi connectivity index (χ2n) is 13.5. The van der Waals surface area contributed by atoms with Crippen molar-refractivity contribution in [1.82, 2.24) is 39.0 Å². The number of nitrogen functional groups attached to an aromatic ring is 2. The van der Waals surface area contributed by atoms with Gasteiger partial charge in [0.15, 0.2) is 47.7 Å². The Hall–Kier alpha value is -4.98. The normalized spacial score (nSPS) is 31.3. The molecule has 2 fully saturated rings. The monoisotopic (exact) mass is 890 g/mol. The molecule has 25 nitrogen and oxygen atoms in total. The number of alkyl halides is 2. The van der Waals surface area contributed by atoms with Crippen molar-refractivity contribution in [2.75, 3.05) is 31.7 Å². The Morgan fingerprint density at radius 1 is 0.783 bits per heavy atom. The van der Waals surface area contributed by atoms with E-state index < -0.39 is 109 Å². The van der Waals surface area contributed by atoms with Gasteiger partial charge in [-0.2, -0.15) is 0 Å². The Bertz CT molecular complexity index is 2340. The fourth-order valence-electron chi connectivity index (χ4n) is 6.06. The Morgan fingerprint density at radius 3 is 1.88 bits per heavy atom. The predicted molar refractivity (Wildman–Crippen MR) is 194 cm³/mol. The van der Waals surface area contributed by atoms with Gasteiger partial charge in [0.25, 0.3) is 0 Å². The van der Waals surface area contributed by atoms with Gasteiger partial charge >= 0.3 is 27.7 Å².